The molecule has 4 N–H and O–H groups in total. The van der Waals surface area contributed by atoms with Gasteiger partial charge < -0.3 is 24.9 Å². The normalized spacial score (nSPS) is 11.1. The summed E-state index contributed by atoms with van der Waals surface area (Å²) in [6, 6.07) is 18.9. The number of fused-ring (bicyclic) bond motifs is 1. The van der Waals surface area contributed by atoms with Gasteiger partial charge in [0.2, 0.25) is 0 Å². The first-order valence-electron chi connectivity index (χ1n) is 10.9. The number of benzene rings is 4. The van der Waals surface area contributed by atoms with Crippen LogP contribution in [0.4, 0.5) is 0 Å². The average Bonchev–Trinajstić information content (AvgIpc) is 2.74. The van der Waals surface area contributed by atoms with Crippen molar-refractivity contribution in [1.82, 2.24) is 0 Å². The summed E-state index contributed by atoms with van der Waals surface area (Å²) >= 11 is 0. The van der Waals surface area contributed by atoms with Crippen LogP contribution in [0.1, 0.15) is 38.9 Å². The van der Waals surface area contributed by atoms with Crippen molar-refractivity contribution in [3.63, 3.8) is 0 Å². The molecule has 5 nitrogen and oxygen atoms in total. The van der Waals surface area contributed by atoms with E-state index in [0.717, 1.165) is 49.7 Å². The van der Waals surface area contributed by atoms with E-state index in [9.17, 15) is 20.3 Å². The molecular weight excluding hydrogens is 415 g/mol. The lowest BCUT2D eigenvalue weighted by Crippen LogP contribution is -2.21. The molecule has 0 heterocycles. The summed E-state index contributed by atoms with van der Waals surface area (Å²) in [4.78, 5) is 0. The predicted molar refractivity (Wildman–Crippen MR) is 131 cm³/mol. The molecule has 0 radical (unpaired) electrons. The van der Waals surface area contributed by atoms with Crippen LogP contribution in [0.2, 0.25) is 0 Å². The van der Waals surface area contributed by atoms with E-state index < -0.39 is 7.32 Å². The van der Waals surface area contributed by atoms with Crippen LogP contribution in [0.25, 0.3) is 10.8 Å². The van der Waals surface area contributed by atoms with Crippen LogP contribution in [-0.4, -0.2) is 27.6 Å². The maximum Gasteiger partial charge on any atom is 0.707 e. The second-order valence-electron chi connectivity index (χ2n) is 8.63. The Kier molecular flexibility index (Phi) is 6.32. The smallest absolute Gasteiger partial charge is 0.511 e. The van der Waals surface area contributed by atoms with Crippen molar-refractivity contribution in [2.75, 3.05) is 0 Å². The molecule has 6 heteroatoms. The molecule has 0 aliphatic carbocycles. The quantitative estimate of drug-likeness (QED) is 0.325. The molecule has 0 atom stereocenters. The fourth-order valence-corrected chi connectivity index (χ4v) is 4.38. The van der Waals surface area contributed by atoms with E-state index in [1.165, 1.54) is 0 Å². The van der Waals surface area contributed by atoms with Gasteiger partial charge >= 0.3 is 7.32 Å². The molecule has 0 fully saturated rings. The van der Waals surface area contributed by atoms with Gasteiger partial charge in [-0.1, -0.05) is 59.7 Å². The maximum atomic E-state index is 10.3. The monoisotopic (exact) mass is 442 g/mol. The summed E-state index contributed by atoms with van der Waals surface area (Å²) in [6.45, 7) is 5.90. The molecule has 0 amide bonds. The van der Waals surface area contributed by atoms with Crippen molar-refractivity contribution in [3.05, 3.63) is 99.6 Å². The fraction of sp³-hybridized carbons (Fsp3) is 0.185. The van der Waals surface area contributed by atoms with Crippen molar-refractivity contribution in [1.29, 1.82) is 0 Å². The molecular formula is C27H27BO5. The third-order valence-electron chi connectivity index (χ3n) is 5.88. The molecule has 4 rings (SSSR count). The van der Waals surface area contributed by atoms with Gasteiger partial charge in [-0.2, -0.15) is 0 Å². The molecule has 0 aromatic heterocycles. The second-order valence-corrected chi connectivity index (χ2v) is 8.63. The zero-order chi connectivity index (χ0) is 23.7. The molecule has 0 unspecified atom stereocenters. The van der Waals surface area contributed by atoms with Gasteiger partial charge in [0.1, 0.15) is 17.2 Å². The second kappa shape index (κ2) is 9.18. The standard InChI is InChI=1S/C27H27BO5/c1-16-4-8-24(29)22(10-16)14-19-12-18(3)26-20(13-19)6-7-21(27(26)33-28(31)32)15-23-11-17(2)5-9-25(23)30/h4-13,29-32H,14-15H2,1-3H3. The van der Waals surface area contributed by atoms with Gasteiger partial charge in [-0.15, -0.1) is 0 Å². The summed E-state index contributed by atoms with van der Waals surface area (Å²) in [6.07, 6.45) is 0.950. The average molecular weight is 442 g/mol. The van der Waals surface area contributed by atoms with Crippen LogP contribution in [0.15, 0.2) is 60.7 Å². The van der Waals surface area contributed by atoms with Crippen LogP contribution < -0.4 is 4.65 Å². The Balaban J connectivity index is 1.80. The minimum absolute atomic E-state index is 0.182. The van der Waals surface area contributed by atoms with Gasteiger partial charge in [-0.25, -0.2) is 0 Å². The zero-order valence-corrected chi connectivity index (χ0v) is 19.0. The van der Waals surface area contributed by atoms with Crippen molar-refractivity contribution in [3.8, 4) is 17.2 Å². The van der Waals surface area contributed by atoms with E-state index in [-0.39, 0.29) is 11.5 Å². The van der Waals surface area contributed by atoms with Gasteiger partial charge in [0.15, 0.2) is 0 Å². The summed E-state index contributed by atoms with van der Waals surface area (Å²) in [5.74, 6) is 0.825. The van der Waals surface area contributed by atoms with Crippen molar-refractivity contribution in [2.24, 2.45) is 0 Å². The highest BCUT2D eigenvalue weighted by atomic mass is 16.6. The Morgan fingerprint density at radius 2 is 1.30 bits per heavy atom. The Hall–Kier alpha value is -3.48. The number of hydrogen-bond acceptors (Lipinski definition) is 5. The Bertz CT molecular complexity index is 1330. The molecule has 0 saturated heterocycles. The largest absolute Gasteiger partial charge is 0.707 e. The van der Waals surface area contributed by atoms with Crippen LogP contribution in [-0.2, 0) is 12.8 Å². The molecule has 0 spiro atoms. The fourth-order valence-electron chi connectivity index (χ4n) is 4.38. The lowest BCUT2D eigenvalue weighted by Gasteiger charge is -2.18. The number of hydrogen-bond donors (Lipinski definition) is 4. The number of aromatic hydroxyl groups is 2. The van der Waals surface area contributed by atoms with Gasteiger partial charge in [0.25, 0.3) is 0 Å². The molecule has 0 saturated carbocycles. The van der Waals surface area contributed by atoms with E-state index in [0.29, 0.717) is 18.6 Å². The molecule has 0 aliphatic heterocycles. The Labute approximate surface area is 193 Å². The minimum atomic E-state index is -1.97. The SMILES string of the molecule is Cc1ccc(O)c(Cc2cc(C)c3c(OB(O)O)c(Cc4cc(C)ccc4O)ccc3c2)c1. The summed E-state index contributed by atoms with van der Waals surface area (Å²) < 4.78 is 5.46. The number of rotatable bonds is 6. The minimum Gasteiger partial charge on any atom is -0.511 e. The van der Waals surface area contributed by atoms with Gasteiger partial charge in [0.05, 0.1) is 0 Å². The maximum absolute atomic E-state index is 10.3. The molecule has 0 aliphatic rings. The highest BCUT2D eigenvalue weighted by Crippen LogP contribution is 2.37. The van der Waals surface area contributed by atoms with Gasteiger partial charge in [-0.05, 0) is 66.1 Å². The highest BCUT2D eigenvalue weighted by molar-refractivity contribution is 6.34. The number of phenols is 2. The third kappa shape index (κ3) is 4.97. The first-order valence-corrected chi connectivity index (χ1v) is 10.9. The number of phenolic OH excluding ortho intramolecular Hbond substituents is 2. The van der Waals surface area contributed by atoms with Crippen molar-refractivity contribution >= 4 is 18.1 Å². The molecule has 33 heavy (non-hydrogen) atoms. The van der Waals surface area contributed by atoms with Crippen LogP contribution in [0.5, 0.6) is 17.2 Å². The molecule has 4 aromatic carbocycles. The molecule has 4 aromatic rings. The van der Waals surface area contributed by atoms with E-state index >= 15 is 0 Å². The van der Waals surface area contributed by atoms with E-state index in [4.69, 9.17) is 4.65 Å². The lowest BCUT2D eigenvalue weighted by molar-refractivity contribution is 0.288. The van der Waals surface area contributed by atoms with E-state index in [2.05, 4.69) is 0 Å². The number of aryl methyl sites for hydroxylation is 3. The van der Waals surface area contributed by atoms with Crippen molar-refractivity contribution < 1.29 is 24.9 Å². The lowest BCUT2D eigenvalue weighted by atomic mass is 9.92. The molecule has 168 valence electrons. The predicted octanol–water partition coefficient (Wildman–Crippen LogP) is 4.71. The van der Waals surface area contributed by atoms with E-state index in [1.54, 1.807) is 12.1 Å². The Morgan fingerprint density at radius 3 is 1.91 bits per heavy atom. The highest BCUT2D eigenvalue weighted by Gasteiger charge is 2.20. The van der Waals surface area contributed by atoms with Crippen LogP contribution >= 0.6 is 0 Å². The van der Waals surface area contributed by atoms with Crippen LogP contribution in [0, 0.1) is 20.8 Å². The Morgan fingerprint density at radius 1 is 0.697 bits per heavy atom. The van der Waals surface area contributed by atoms with Crippen LogP contribution in [0.3, 0.4) is 0 Å². The summed E-state index contributed by atoms with van der Waals surface area (Å²) in [7, 11) is -1.97. The van der Waals surface area contributed by atoms with E-state index in [1.807, 2.05) is 69.3 Å². The zero-order valence-electron chi connectivity index (χ0n) is 19.0. The van der Waals surface area contributed by atoms with Gasteiger partial charge in [-0.3, -0.25) is 0 Å². The van der Waals surface area contributed by atoms with Gasteiger partial charge in [0, 0.05) is 18.2 Å². The molecule has 0 bridgehead atoms. The topological polar surface area (TPSA) is 90.2 Å². The first-order chi connectivity index (χ1) is 15.7. The summed E-state index contributed by atoms with van der Waals surface area (Å²) in [5.41, 5.74) is 6.37. The summed E-state index contributed by atoms with van der Waals surface area (Å²) in [5, 5.41) is 41.4. The first kappa shape index (κ1) is 22.7. The third-order valence-corrected chi connectivity index (χ3v) is 5.88. The van der Waals surface area contributed by atoms with Crippen molar-refractivity contribution in [2.45, 2.75) is 33.6 Å².